The van der Waals surface area contributed by atoms with Gasteiger partial charge in [-0.2, -0.15) is 0 Å². The Kier molecular flexibility index (Phi) is 16.6. The molecule has 0 aliphatic heterocycles. The number of sulfone groups is 1. The number of primary amides is 1. The highest BCUT2D eigenvalue weighted by molar-refractivity contribution is 7.94. The molecule has 0 radical (unpaired) electrons. The highest BCUT2D eigenvalue weighted by Crippen LogP contribution is 2.13. The number of urea groups is 1. The zero-order valence-electron chi connectivity index (χ0n) is 25.1. The smallest absolute Gasteiger partial charge is 0.312 e. The summed E-state index contributed by atoms with van der Waals surface area (Å²) in [5.41, 5.74) is 6.29. The van der Waals surface area contributed by atoms with Gasteiger partial charge in [0.1, 0.15) is 18.7 Å². The molecule has 1 unspecified atom stereocenters. The number of unbranched alkanes of at least 4 members (excludes halogenated alkanes) is 2. The fraction of sp³-hybridized carbons (Fsp3) is 0.552. The van der Waals surface area contributed by atoms with Gasteiger partial charge in [-0.25, -0.2) is 13.2 Å². The summed E-state index contributed by atoms with van der Waals surface area (Å²) >= 11 is 0. The second kappa shape index (κ2) is 19.3. The molecule has 43 heavy (non-hydrogen) atoms. The number of benzene rings is 1. The van der Waals surface area contributed by atoms with Crippen LogP contribution in [0.3, 0.4) is 0 Å². The number of nitrogens with two attached hydrogens (primary N) is 1. The lowest BCUT2D eigenvalue weighted by molar-refractivity contribution is -0.148. The van der Waals surface area contributed by atoms with Gasteiger partial charge in [0, 0.05) is 24.1 Å². The maximum absolute atomic E-state index is 13.1. The molecule has 0 bridgehead atoms. The lowest BCUT2D eigenvalue weighted by Crippen LogP contribution is -2.52. The molecular formula is C29H45N5O8S. The predicted octanol–water partition coefficient (Wildman–Crippen LogP) is 2.27. The van der Waals surface area contributed by atoms with Gasteiger partial charge in [-0.15, -0.1) is 0 Å². The SMILES string of the molecule is C=CS(=O)(=O)CCCCCC(=O)NC(CC)C(=O)N[C@H](CCCNC(N)=O)C(=O)Nc1ccc(COC(=O)C(C)C)cc1. The van der Waals surface area contributed by atoms with Crippen molar-refractivity contribution in [2.45, 2.75) is 84.4 Å². The van der Waals surface area contributed by atoms with Crippen LogP contribution in [0.15, 0.2) is 36.3 Å². The molecule has 0 saturated carbocycles. The van der Waals surface area contributed by atoms with Crippen molar-refractivity contribution in [3.63, 3.8) is 0 Å². The lowest BCUT2D eigenvalue weighted by atomic mass is 10.1. The van der Waals surface area contributed by atoms with E-state index in [2.05, 4.69) is 27.8 Å². The third kappa shape index (κ3) is 15.7. The molecule has 240 valence electrons. The minimum absolute atomic E-state index is 0.0333. The Hall–Kier alpha value is -3.94. The number of carbonyl (C=O) groups is 5. The molecule has 2 atom stereocenters. The van der Waals surface area contributed by atoms with Crippen molar-refractivity contribution in [1.82, 2.24) is 16.0 Å². The van der Waals surface area contributed by atoms with Crippen LogP contribution < -0.4 is 27.0 Å². The fourth-order valence-corrected chi connectivity index (χ4v) is 4.54. The number of carbonyl (C=O) groups excluding carboxylic acids is 5. The molecule has 14 heteroatoms. The molecule has 1 rings (SSSR count). The molecule has 0 fully saturated rings. The van der Waals surface area contributed by atoms with Gasteiger partial charge in [0.05, 0.1) is 11.7 Å². The molecule has 0 saturated heterocycles. The monoisotopic (exact) mass is 623 g/mol. The van der Waals surface area contributed by atoms with Crippen molar-refractivity contribution < 1.29 is 37.1 Å². The third-order valence-corrected chi connectivity index (χ3v) is 7.69. The van der Waals surface area contributed by atoms with Gasteiger partial charge < -0.3 is 31.7 Å². The molecular weight excluding hydrogens is 578 g/mol. The van der Waals surface area contributed by atoms with E-state index in [1.54, 1.807) is 45.0 Å². The van der Waals surface area contributed by atoms with E-state index in [1.165, 1.54) is 0 Å². The number of anilines is 1. The van der Waals surface area contributed by atoms with Crippen molar-refractivity contribution in [1.29, 1.82) is 0 Å². The average molecular weight is 624 g/mol. The van der Waals surface area contributed by atoms with E-state index < -0.39 is 39.8 Å². The van der Waals surface area contributed by atoms with Gasteiger partial charge in [0.15, 0.2) is 9.84 Å². The first-order valence-corrected chi connectivity index (χ1v) is 16.0. The first kappa shape index (κ1) is 37.1. The zero-order valence-corrected chi connectivity index (χ0v) is 26.0. The molecule has 0 aliphatic carbocycles. The molecule has 1 aromatic rings. The highest BCUT2D eigenvalue weighted by atomic mass is 32.2. The van der Waals surface area contributed by atoms with Gasteiger partial charge in [0.2, 0.25) is 17.7 Å². The largest absolute Gasteiger partial charge is 0.461 e. The molecule has 6 N–H and O–H groups in total. The van der Waals surface area contributed by atoms with Crippen LogP contribution in [-0.2, 0) is 40.4 Å². The Morgan fingerprint density at radius 2 is 1.63 bits per heavy atom. The summed E-state index contributed by atoms with van der Waals surface area (Å²) in [6, 6.07) is 4.12. The fourth-order valence-electron chi connectivity index (χ4n) is 3.76. The van der Waals surface area contributed by atoms with Crippen LogP contribution in [0.4, 0.5) is 10.5 Å². The first-order valence-electron chi connectivity index (χ1n) is 14.3. The second-order valence-corrected chi connectivity index (χ2v) is 12.4. The third-order valence-electron chi connectivity index (χ3n) is 6.32. The topological polar surface area (TPSA) is 203 Å². The van der Waals surface area contributed by atoms with Crippen LogP contribution in [0.25, 0.3) is 0 Å². The van der Waals surface area contributed by atoms with Gasteiger partial charge >= 0.3 is 12.0 Å². The summed E-state index contributed by atoms with van der Waals surface area (Å²) < 4.78 is 28.2. The quantitative estimate of drug-likeness (QED) is 0.107. The van der Waals surface area contributed by atoms with Crippen molar-refractivity contribution in [3.05, 3.63) is 41.8 Å². The van der Waals surface area contributed by atoms with Crippen LogP contribution in [-0.4, -0.2) is 62.5 Å². The van der Waals surface area contributed by atoms with Crippen molar-refractivity contribution >= 4 is 45.2 Å². The van der Waals surface area contributed by atoms with E-state index in [1.807, 2.05) is 0 Å². The standard InChI is InChI=1S/C29H45N5O8S/c1-5-23(33-25(35)12-8-7-9-18-43(40,41)6-2)26(36)34-24(11-10-17-31-29(30)39)27(37)32-22-15-13-21(14-16-22)19-42-28(38)20(3)4/h6,13-16,20,23-24H,2,5,7-12,17-19H2,1,3-4H3,(H,32,37)(H,33,35)(H,34,36)(H3,30,31,39)/t23?,24-/m1/s1. The Morgan fingerprint density at radius 3 is 2.21 bits per heavy atom. The van der Waals surface area contributed by atoms with Gasteiger partial charge in [-0.05, 0) is 49.8 Å². The first-order chi connectivity index (χ1) is 20.3. The number of amides is 5. The second-order valence-electron chi connectivity index (χ2n) is 10.3. The van der Waals surface area contributed by atoms with Gasteiger partial charge in [-0.1, -0.05) is 45.9 Å². The summed E-state index contributed by atoms with van der Waals surface area (Å²) in [4.78, 5) is 61.3. The lowest BCUT2D eigenvalue weighted by Gasteiger charge is -2.23. The zero-order chi connectivity index (χ0) is 32.4. The van der Waals surface area contributed by atoms with Crippen molar-refractivity contribution in [2.24, 2.45) is 11.7 Å². The number of ether oxygens (including phenoxy) is 1. The Bertz CT molecular complexity index is 1200. The maximum atomic E-state index is 13.1. The predicted molar refractivity (Wildman–Crippen MR) is 163 cm³/mol. The molecule has 1 aromatic carbocycles. The molecule has 0 spiro atoms. The van der Waals surface area contributed by atoms with Crippen LogP contribution in [0.2, 0.25) is 0 Å². The summed E-state index contributed by atoms with van der Waals surface area (Å²) in [6.45, 7) is 8.75. The van der Waals surface area contributed by atoms with E-state index in [0.717, 1.165) is 11.0 Å². The van der Waals surface area contributed by atoms with Crippen LogP contribution in [0.1, 0.15) is 71.3 Å². The van der Waals surface area contributed by atoms with E-state index >= 15 is 0 Å². The molecule has 0 aromatic heterocycles. The normalized spacial score (nSPS) is 12.5. The number of rotatable bonds is 20. The molecule has 0 heterocycles. The van der Waals surface area contributed by atoms with Gasteiger partial charge in [0.25, 0.3) is 0 Å². The van der Waals surface area contributed by atoms with Crippen LogP contribution in [0.5, 0.6) is 0 Å². The van der Waals surface area contributed by atoms with E-state index in [-0.39, 0.29) is 56.0 Å². The average Bonchev–Trinajstić information content (AvgIpc) is 2.96. The highest BCUT2D eigenvalue weighted by Gasteiger charge is 2.26. The molecule has 13 nitrogen and oxygen atoms in total. The van der Waals surface area contributed by atoms with E-state index in [0.29, 0.717) is 31.4 Å². The van der Waals surface area contributed by atoms with Crippen LogP contribution >= 0.6 is 0 Å². The van der Waals surface area contributed by atoms with Crippen LogP contribution in [0, 0.1) is 5.92 Å². The summed E-state index contributed by atoms with van der Waals surface area (Å²) in [7, 11) is -3.28. The Labute approximate surface area is 253 Å². The minimum atomic E-state index is -3.28. The number of hydrogen-bond acceptors (Lipinski definition) is 8. The summed E-state index contributed by atoms with van der Waals surface area (Å²) in [6.07, 6.45) is 2.28. The maximum Gasteiger partial charge on any atom is 0.312 e. The summed E-state index contributed by atoms with van der Waals surface area (Å²) in [5, 5.41) is 11.5. The number of nitrogens with one attached hydrogen (secondary N) is 4. The molecule has 0 aliphatic rings. The minimum Gasteiger partial charge on any atom is -0.461 e. The summed E-state index contributed by atoms with van der Waals surface area (Å²) in [5.74, 6) is -2.00. The Balaban J connectivity index is 2.76. The van der Waals surface area contributed by atoms with Crippen molar-refractivity contribution in [2.75, 3.05) is 17.6 Å². The van der Waals surface area contributed by atoms with Crippen molar-refractivity contribution in [3.8, 4) is 0 Å². The van der Waals surface area contributed by atoms with E-state index in [9.17, 15) is 32.4 Å². The Morgan fingerprint density at radius 1 is 0.953 bits per heavy atom. The number of hydrogen-bond donors (Lipinski definition) is 5. The molecule has 5 amide bonds. The van der Waals surface area contributed by atoms with E-state index in [4.69, 9.17) is 10.5 Å². The number of esters is 1. The van der Waals surface area contributed by atoms with Gasteiger partial charge in [-0.3, -0.25) is 19.2 Å².